The van der Waals surface area contributed by atoms with Crippen LogP contribution in [0.15, 0.2) is 12.2 Å². The van der Waals surface area contributed by atoms with E-state index in [1.54, 1.807) is 0 Å². The highest BCUT2D eigenvalue weighted by Crippen LogP contribution is 2.07. The fourth-order valence-corrected chi connectivity index (χ4v) is 1.00. The molecule has 0 bridgehead atoms. The average Bonchev–Trinajstić information content (AvgIpc) is 1.87. The first-order chi connectivity index (χ1) is 4.22. The summed E-state index contributed by atoms with van der Waals surface area (Å²) in [5.74, 6) is 0.0741. The van der Waals surface area contributed by atoms with E-state index in [-0.39, 0.29) is 11.0 Å². The molecule has 0 spiro atoms. The number of allylic oxidation sites excluding steroid dienone is 2. The molecule has 0 fully saturated rings. The molecular weight excluding hydrogens is 132 g/mol. The first-order valence-electron chi connectivity index (χ1n) is 2.93. The van der Waals surface area contributed by atoms with Gasteiger partial charge in [0.1, 0.15) is 0 Å². The monoisotopic (exact) mass is 144 g/mol. The van der Waals surface area contributed by atoms with E-state index in [1.165, 1.54) is 11.8 Å². The van der Waals surface area contributed by atoms with Crippen LogP contribution in [0.5, 0.6) is 0 Å². The van der Waals surface area contributed by atoms with Crippen LogP contribution in [0.4, 0.5) is 0 Å². The summed E-state index contributed by atoms with van der Waals surface area (Å²) in [6, 6.07) is 0. The molecule has 0 saturated carbocycles. The Balaban J connectivity index is 3.72. The van der Waals surface area contributed by atoms with E-state index in [2.05, 4.69) is 0 Å². The molecule has 2 heteroatoms. The van der Waals surface area contributed by atoms with Crippen LogP contribution < -0.4 is 0 Å². The highest BCUT2D eigenvalue weighted by atomic mass is 32.2. The van der Waals surface area contributed by atoms with E-state index in [9.17, 15) is 4.79 Å². The van der Waals surface area contributed by atoms with Gasteiger partial charge in [-0.25, -0.2) is 0 Å². The Kier molecular flexibility index (Phi) is 4.50. The molecule has 0 amide bonds. The molecule has 0 radical (unpaired) electrons. The Morgan fingerprint density at radius 2 is 2.22 bits per heavy atom. The zero-order chi connectivity index (χ0) is 7.28. The summed E-state index contributed by atoms with van der Waals surface area (Å²) < 4.78 is 0. The van der Waals surface area contributed by atoms with E-state index < -0.39 is 0 Å². The molecule has 9 heavy (non-hydrogen) atoms. The fourth-order valence-electron chi connectivity index (χ4n) is 0.553. The molecule has 1 atom stereocenters. The third-order valence-electron chi connectivity index (χ3n) is 1.05. The van der Waals surface area contributed by atoms with Crippen LogP contribution >= 0.6 is 11.8 Å². The lowest BCUT2D eigenvalue weighted by Gasteiger charge is -1.98. The van der Waals surface area contributed by atoms with Crippen LogP contribution in [0.3, 0.4) is 0 Å². The van der Waals surface area contributed by atoms with Gasteiger partial charge in [0.05, 0.1) is 0 Å². The molecule has 0 aliphatic heterocycles. The topological polar surface area (TPSA) is 17.1 Å². The average molecular weight is 144 g/mol. The minimum absolute atomic E-state index is 0.0741. The first kappa shape index (κ1) is 8.76. The van der Waals surface area contributed by atoms with Crippen LogP contribution in [0.2, 0.25) is 0 Å². The van der Waals surface area contributed by atoms with Crippen molar-refractivity contribution in [1.82, 2.24) is 0 Å². The van der Waals surface area contributed by atoms with Gasteiger partial charge in [-0.05, 0) is 13.2 Å². The molecule has 0 aromatic heterocycles. The molecule has 1 nitrogen and oxygen atoms in total. The van der Waals surface area contributed by atoms with Crippen LogP contribution in [-0.4, -0.2) is 11.4 Å². The number of rotatable bonds is 2. The van der Waals surface area contributed by atoms with Crippen molar-refractivity contribution in [3.8, 4) is 0 Å². The second kappa shape index (κ2) is 4.62. The quantitative estimate of drug-likeness (QED) is 0.552. The van der Waals surface area contributed by atoms with Gasteiger partial charge in [-0.3, -0.25) is 4.79 Å². The van der Waals surface area contributed by atoms with Crippen LogP contribution in [0.1, 0.15) is 13.8 Å². The number of carbonyl (C=O) groups is 1. The maximum absolute atomic E-state index is 10.8. The number of carbonyl (C=O) groups excluding carboxylic acids is 1. The summed E-state index contributed by atoms with van der Waals surface area (Å²) in [6.07, 6.45) is 5.61. The number of hydrogen-bond acceptors (Lipinski definition) is 2. The number of hydrogen-bond donors (Lipinski definition) is 0. The molecular formula is C7H12OS. The molecule has 0 N–H and O–H groups in total. The minimum atomic E-state index is 0.0741. The van der Waals surface area contributed by atoms with Crippen molar-refractivity contribution in [2.45, 2.75) is 13.8 Å². The van der Waals surface area contributed by atoms with Gasteiger partial charge in [0, 0.05) is 5.92 Å². The van der Waals surface area contributed by atoms with Crippen molar-refractivity contribution < 1.29 is 4.79 Å². The smallest absolute Gasteiger partial charge is 0.195 e. The van der Waals surface area contributed by atoms with Crippen molar-refractivity contribution in [3.05, 3.63) is 12.2 Å². The largest absolute Gasteiger partial charge is 0.287 e. The second-order valence-electron chi connectivity index (χ2n) is 1.84. The van der Waals surface area contributed by atoms with Crippen LogP contribution in [0, 0.1) is 5.92 Å². The summed E-state index contributed by atoms with van der Waals surface area (Å²) >= 11 is 1.28. The second-order valence-corrected chi connectivity index (χ2v) is 2.65. The number of thioether (sulfide) groups is 1. The molecule has 0 aliphatic rings. The molecule has 0 aromatic rings. The highest BCUT2D eigenvalue weighted by molar-refractivity contribution is 8.13. The standard InChI is InChI=1S/C7H12OS/c1-4-5-6(2)7(8)9-3/h4-6H,1-3H3/b5-4+. The lowest BCUT2D eigenvalue weighted by Crippen LogP contribution is -2.01. The molecule has 52 valence electrons. The van der Waals surface area contributed by atoms with Gasteiger partial charge in [0.2, 0.25) is 0 Å². The summed E-state index contributed by atoms with van der Waals surface area (Å²) in [5.41, 5.74) is 0. The highest BCUT2D eigenvalue weighted by Gasteiger charge is 2.05. The fraction of sp³-hybridized carbons (Fsp3) is 0.571. The van der Waals surface area contributed by atoms with E-state index in [1.807, 2.05) is 32.3 Å². The summed E-state index contributed by atoms with van der Waals surface area (Å²) in [5, 5.41) is 0.230. The van der Waals surface area contributed by atoms with Crippen molar-refractivity contribution in [2.24, 2.45) is 5.92 Å². The zero-order valence-electron chi connectivity index (χ0n) is 6.05. The van der Waals surface area contributed by atoms with E-state index in [0.29, 0.717) is 0 Å². The Morgan fingerprint density at radius 3 is 2.56 bits per heavy atom. The zero-order valence-corrected chi connectivity index (χ0v) is 6.87. The molecule has 0 aromatic carbocycles. The van der Waals surface area contributed by atoms with Gasteiger partial charge in [0.25, 0.3) is 0 Å². The van der Waals surface area contributed by atoms with Crippen molar-refractivity contribution in [1.29, 1.82) is 0 Å². The molecule has 0 saturated heterocycles. The SMILES string of the molecule is C/C=C/C(C)C(=O)SC. The maximum atomic E-state index is 10.8. The third-order valence-corrected chi connectivity index (χ3v) is 1.83. The van der Waals surface area contributed by atoms with E-state index >= 15 is 0 Å². The van der Waals surface area contributed by atoms with Crippen molar-refractivity contribution in [2.75, 3.05) is 6.26 Å². The Morgan fingerprint density at radius 1 is 1.67 bits per heavy atom. The van der Waals surface area contributed by atoms with Gasteiger partial charge in [-0.15, -0.1) is 0 Å². The normalized spacial score (nSPS) is 14.1. The predicted octanol–water partition coefficient (Wildman–Crippen LogP) is 2.09. The first-order valence-corrected chi connectivity index (χ1v) is 4.15. The molecule has 0 heterocycles. The molecule has 0 rings (SSSR count). The lowest BCUT2D eigenvalue weighted by atomic mass is 10.2. The predicted molar refractivity (Wildman–Crippen MR) is 42.5 cm³/mol. The van der Waals surface area contributed by atoms with E-state index in [0.717, 1.165) is 0 Å². The van der Waals surface area contributed by atoms with Crippen molar-refractivity contribution in [3.63, 3.8) is 0 Å². The van der Waals surface area contributed by atoms with Crippen LogP contribution in [-0.2, 0) is 4.79 Å². The summed E-state index contributed by atoms with van der Waals surface area (Å²) in [6.45, 7) is 3.82. The molecule has 1 unspecified atom stereocenters. The maximum Gasteiger partial charge on any atom is 0.195 e. The molecule has 0 aliphatic carbocycles. The van der Waals surface area contributed by atoms with Crippen LogP contribution in [0.25, 0.3) is 0 Å². The Hall–Kier alpha value is -0.240. The third kappa shape index (κ3) is 3.36. The lowest BCUT2D eigenvalue weighted by molar-refractivity contribution is -0.112. The summed E-state index contributed by atoms with van der Waals surface area (Å²) in [7, 11) is 0. The van der Waals surface area contributed by atoms with Gasteiger partial charge in [-0.2, -0.15) is 0 Å². The van der Waals surface area contributed by atoms with E-state index in [4.69, 9.17) is 0 Å². The Bertz CT molecular complexity index is 118. The van der Waals surface area contributed by atoms with Crippen molar-refractivity contribution >= 4 is 16.9 Å². The summed E-state index contributed by atoms with van der Waals surface area (Å²) in [4.78, 5) is 10.8. The van der Waals surface area contributed by atoms with Gasteiger partial charge in [-0.1, -0.05) is 30.8 Å². The van der Waals surface area contributed by atoms with Gasteiger partial charge >= 0.3 is 0 Å². The van der Waals surface area contributed by atoms with Gasteiger partial charge in [0.15, 0.2) is 5.12 Å². The minimum Gasteiger partial charge on any atom is -0.287 e. The Labute approximate surface area is 60.5 Å². The van der Waals surface area contributed by atoms with Gasteiger partial charge < -0.3 is 0 Å².